The molecule has 0 aliphatic carbocycles. The van der Waals surface area contributed by atoms with Crippen molar-refractivity contribution < 1.29 is 4.42 Å². The normalized spacial score (nSPS) is 20.2. The Labute approximate surface area is 82.9 Å². The molecule has 1 aromatic heterocycles. The third kappa shape index (κ3) is 1.07. The van der Waals surface area contributed by atoms with Crippen LogP contribution in [0.15, 0.2) is 28.7 Å². The fraction of sp³-hybridized carbons (Fsp3) is 0.333. The highest BCUT2D eigenvalue weighted by Gasteiger charge is 2.29. The first-order valence-corrected chi connectivity index (χ1v) is 5.14. The Hall–Kier alpha value is -1.28. The van der Waals surface area contributed by atoms with Gasteiger partial charge in [-0.15, -0.1) is 0 Å². The number of benzene rings is 1. The van der Waals surface area contributed by atoms with Crippen LogP contribution >= 0.6 is 0 Å². The van der Waals surface area contributed by atoms with Crippen molar-refractivity contribution in [2.75, 3.05) is 6.54 Å². The second-order valence-corrected chi connectivity index (χ2v) is 3.75. The number of fused-ring (bicyclic) bond motifs is 1. The standard InChI is InChI=1S/C12H13NO/c1-2-10-12(9-7-13-9)8-5-3-4-6-11(8)14-10/h3-6,9,13H,2,7H2,1H3/t9-/m1/s1. The molecule has 1 aliphatic rings. The molecule has 2 heteroatoms. The zero-order valence-electron chi connectivity index (χ0n) is 8.21. The lowest BCUT2D eigenvalue weighted by atomic mass is 10.1. The topological polar surface area (TPSA) is 35.1 Å². The average molecular weight is 187 g/mol. The van der Waals surface area contributed by atoms with Crippen LogP contribution in [-0.2, 0) is 6.42 Å². The van der Waals surface area contributed by atoms with E-state index in [2.05, 4.69) is 24.4 Å². The Morgan fingerprint density at radius 1 is 1.43 bits per heavy atom. The maximum atomic E-state index is 5.81. The van der Waals surface area contributed by atoms with Gasteiger partial charge in [0, 0.05) is 30.0 Å². The van der Waals surface area contributed by atoms with Crippen LogP contribution in [0.25, 0.3) is 11.0 Å². The van der Waals surface area contributed by atoms with Crippen molar-refractivity contribution in [2.45, 2.75) is 19.4 Å². The molecule has 1 aliphatic heterocycles. The van der Waals surface area contributed by atoms with Crippen LogP contribution in [0.5, 0.6) is 0 Å². The van der Waals surface area contributed by atoms with Gasteiger partial charge in [-0.25, -0.2) is 0 Å². The minimum atomic E-state index is 0.536. The van der Waals surface area contributed by atoms with Crippen molar-refractivity contribution in [3.8, 4) is 0 Å². The van der Waals surface area contributed by atoms with Gasteiger partial charge in [0.2, 0.25) is 0 Å². The van der Waals surface area contributed by atoms with Crippen LogP contribution in [-0.4, -0.2) is 6.54 Å². The lowest BCUT2D eigenvalue weighted by Gasteiger charge is -1.95. The van der Waals surface area contributed by atoms with Crippen LogP contribution < -0.4 is 5.32 Å². The number of furan rings is 1. The molecule has 3 rings (SSSR count). The van der Waals surface area contributed by atoms with Gasteiger partial charge in [0.25, 0.3) is 0 Å². The summed E-state index contributed by atoms with van der Waals surface area (Å²) in [6.07, 6.45) is 0.974. The fourth-order valence-electron chi connectivity index (χ4n) is 2.02. The summed E-state index contributed by atoms with van der Waals surface area (Å²) in [5, 5.41) is 4.62. The van der Waals surface area contributed by atoms with E-state index in [1.54, 1.807) is 0 Å². The molecule has 2 heterocycles. The molecule has 1 saturated heterocycles. The van der Waals surface area contributed by atoms with E-state index in [4.69, 9.17) is 4.42 Å². The summed E-state index contributed by atoms with van der Waals surface area (Å²) in [5.41, 5.74) is 2.40. The molecule has 1 fully saturated rings. The monoisotopic (exact) mass is 187 g/mol. The Kier molecular flexibility index (Phi) is 1.64. The Morgan fingerprint density at radius 3 is 2.93 bits per heavy atom. The quantitative estimate of drug-likeness (QED) is 0.733. The van der Waals surface area contributed by atoms with Crippen LogP contribution in [0.4, 0.5) is 0 Å². The van der Waals surface area contributed by atoms with Gasteiger partial charge in [0.05, 0.1) is 0 Å². The van der Waals surface area contributed by atoms with Crippen LogP contribution in [0, 0.1) is 0 Å². The number of aryl methyl sites for hydroxylation is 1. The molecule has 72 valence electrons. The highest BCUT2D eigenvalue weighted by molar-refractivity contribution is 5.83. The number of rotatable bonds is 2. The number of hydrogen-bond donors (Lipinski definition) is 1. The zero-order chi connectivity index (χ0) is 9.54. The summed E-state index contributed by atoms with van der Waals surface area (Å²) in [4.78, 5) is 0. The summed E-state index contributed by atoms with van der Waals surface area (Å²) >= 11 is 0. The van der Waals surface area contributed by atoms with Crippen molar-refractivity contribution in [1.29, 1.82) is 0 Å². The van der Waals surface area contributed by atoms with Crippen LogP contribution in [0.1, 0.15) is 24.3 Å². The number of para-hydroxylation sites is 1. The molecule has 0 spiro atoms. The lowest BCUT2D eigenvalue weighted by molar-refractivity contribution is 0.550. The second kappa shape index (κ2) is 2.85. The predicted octanol–water partition coefficient (Wildman–Crippen LogP) is 2.64. The average Bonchev–Trinajstić information content (AvgIpc) is 2.98. The maximum Gasteiger partial charge on any atom is 0.134 e. The van der Waals surface area contributed by atoms with Crippen molar-refractivity contribution in [3.63, 3.8) is 0 Å². The number of nitrogens with one attached hydrogen (secondary N) is 1. The third-order valence-electron chi connectivity index (χ3n) is 2.79. The Balaban J connectivity index is 2.29. The molecule has 2 nitrogen and oxygen atoms in total. The van der Waals surface area contributed by atoms with E-state index < -0.39 is 0 Å². The second-order valence-electron chi connectivity index (χ2n) is 3.75. The summed E-state index contributed by atoms with van der Waals surface area (Å²) in [6, 6.07) is 8.82. The summed E-state index contributed by atoms with van der Waals surface area (Å²) in [6.45, 7) is 3.24. The molecule has 0 radical (unpaired) electrons. The summed E-state index contributed by atoms with van der Waals surface area (Å²) < 4.78 is 5.81. The molecule has 14 heavy (non-hydrogen) atoms. The Bertz CT molecular complexity index is 468. The molecule has 1 N–H and O–H groups in total. The van der Waals surface area contributed by atoms with Gasteiger partial charge in [-0.2, -0.15) is 0 Å². The van der Waals surface area contributed by atoms with E-state index in [9.17, 15) is 0 Å². The molecule has 2 aromatic rings. The van der Waals surface area contributed by atoms with Gasteiger partial charge >= 0.3 is 0 Å². The molecule has 0 bridgehead atoms. The van der Waals surface area contributed by atoms with Gasteiger partial charge in [-0.05, 0) is 6.07 Å². The molecule has 0 saturated carbocycles. The molecule has 0 unspecified atom stereocenters. The third-order valence-corrected chi connectivity index (χ3v) is 2.79. The maximum absolute atomic E-state index is 5.81. The first-order valence-electron chi connectivity index (χ1n) is 5.14. The smallest absolute Gasteiger partial charge is 0.134 e. The van der Waals surface area contributed by atoms with E-state index in [1.165, 1.54) is 10.9 Å². The first kappa shape index (κ1) is 8.06. The molecule has 1 atom stereocenters. The predicted molar refractivity (Wildman–Crippen MR) is 56.3 cm³/mol. The van der Waals surface area contributed by atoms with E-state index >= 15 is 0 Å². The fourth-order valence-corrected chi connectivity index (χ4v) is 2.02. The van der Waals surface area contributed by atoms with Gasteiger partial charge in [-0.1, -0.05) is 25.1 Å². The van der Waals surface area contributed by atoms with Crippen molar-refractivity contribution in [2.24, 2.45) is 0 Å². The van der Waals surface area contributed by atoms with Gasteiger partial charge < -0.3 is 9.73 Å². The van der Waals surface area contributed by atoms with Crippen molar-refractivity contribution >= 4 is 11.0 Å². The first-order chi connectivity index (χ1) is 6.90. The van der Waals surface area contributed by atoms with E-state index in [1.807, 2.05) is 12.1 Å². The summed E-state index contributed by atoms with van der Waals surface area (Å²) in [7, 11) is 0. The van der Waals surface area contributed by atoms with E-state index in [0.717, 1.165) is 24.3 Å². The largest absolute Gasteiger partial charge is 0.461 e. The van der Waals surface area contributed by atoms with Gasteiger partial charge in [0.1, 0.15) is 11.3 Å². The Morgan fingerprint density at radius 2 is 2.21 bits per heavy atom. The van der Waals surface area contributed by atoms with Gasteiger partial charge in [-0.3, -0.25) is 0 Å². The van der Waals surface area contributed by atoms with E-state index in [-0.39, 0.29) is 0 Å². The molecule has 1 aromatic carbocycles. The highest BCUT2D eigenvalue weighted by Crippen LogP contribution is 2.34. The van der Waals surface area contributed by atoms with Crippen LogP contribution in [0.2, 0.25) is 0 Å². The van der Waals surface area contributed by atoms with Gasteiger partial charge in [0.15, 0.2) is 0 Å². The minimum Gasteiger partial charge on any atom is -0.461 e. The van der Waals surface area contributed by atoms with Crippen molar-refractivity contribution in [1.82, 2.24) is 5.32 Å². The number of hydrogen-bond acceptors (Lipinski definition) is 2. The summed E-state index contributed by atoms with van der Waals surface area (Å²) in [5.74, 6) is 1.14. The van der Waals surface area contributed by atoms with E-state index in [0.29, 0.717) is 6.04 Å². The molecular formula is C12H13NO. The van der Waals surface area contributed by atoms with Crippen LogP contribution in [0.3, 0.4) is 0 Å². The SMILES string of the molecule is CCc1oc2ccccc2c1[C@H]1CN1. The highest BCUT2D eigenvalue weighted by atomic mass is 16.3. The minimum absolute atomic E-state index is 0.536. The molecular weight excluding hydrogens is 174 g/mol. The molecule has 0 amide bonds. The zero-order valence-corrected chi connectivity index (χ0v) is 8.21. The lowest BCUT2D eigenvalue weighted by Crippen LogP contribution is -1.87. The van der Waals surface area contributed by atoms with Crippen molar-refractivity contribution in [3.05, 3.63) is 35.6 Å².